The maximum absolute atomic E-state index is 13.3. The normalized spacial score (nSPS) is 10.4. The van der Waals surface area contributed by atoms with Crippen LogP contribution in [0.25, 0.3) is 0 Å². The van der Waals surface area contributed by atoms with E-state index in [1.165, 1.54) is 6.07 Å². The number of benzene rings is 2. The topological polar surface area (TPSA) is 0 Å². The van der Waals surface area contributed by atoms with Crippen LogP contribution in [0.1, 0.15) is 5.56 Å². The van der Waals surface area contributed by atoms with Crippen LogP contribution in [0.15, 0.2) is 53.4 Å². The molecule has 0 fully saturated rings. The standard InChI is InChI=1S/C13H10ClFS/c14-11-5-7-12(8-6-11)16-9-10-3-1-2-4-13(10)15/h1-8H,9H2. The first-order valence-electron chi connectivity index (χ1n) is 4.87. The lowest BCUT2D eigenvalue weighted by atomic mass is 10.2. The lowest BCUT2D eigenvalue weighted by Gasteiger charge is -2.03. The monoisotopic (exact) mass is 252 g/mol. The van der Waals surface area contributed by atoms with Crippen LogP contribution in [-0.2, 0) is 5.75 Å². The van der Waals surface area contributed by atoms with Gasteiger partial charge in [-0.05, 0) is 35.9 Å². The van der Waals surface area contributed by atoms with Gasteiger partial charge in [0, 0.05) is 15.7 Å². The van der Waals surface area contributed by atoms with Crippen LogP contribution >= 0.6 is 23.4 Å². The van der Waals surface area contributed by atoms with Gasteiger partial charge >= 0.3 is 0 Å². The molecule has 0 heterocycles. The van der Waals surface area contributed by atoms with Crippen molar-refractivity contribution in [1.29, 1.82) is 0 Å². The van der Waals surface area contributed by atoms with Gasteiger partial charge < -0.3 is 0 Å². The highest BCUT2D eigenvalue weighted by Crippen LogP contribution is 2.25. The van der Waals surface area contributed by atoms with Crippen LogP contribution in [0.5, 0.6) is 0 Å². The first-order chi connectivity index (χ1) is 7.75. The van der Waals surface area contributed by atoms with Gasteiger partial charge in [-0.25, -0.2) is 4.39 Å². The zero-order valence-corrected chi connectivity index (χ0v) is 10.1. The lowest BCUT2D eigenvalue weighted by Crippen LogP contribution is -1.85. The lowest BCUT2D eigenvalue weighted by molar-refractivity contribution is 0.617. The van der Waals surface area contributed by atoms with Crippen molar-refractivity contribution < 1.29 is 4.39 Å². The molecule has 82 valence electrons. The third-order valence-corrected chi connectivity index (χ3v) is 3.48. The van der Waals surface area contributed by atoms with E-state index in [-0.39, 0.29) is 5.82 Å². The van der Waals surface area contributed by atoms with Crippen molar-refractivity contribution in [3.8, 4) is 0 Å². The summed E-state index contributed by atoms with van der Waals surface area (Å²) in [6, 6.07) is 14.4. The van der Waals surface area contributed by atoms with Crippen molar-refractivity contribution in [2.75, 3.05) is 0 Å². The first kappa shape index (κ1) is 11.5. The van der Waals surface area contributed by atoms with E-state index in [1.807, 2.05) is 30.3 Å². The summed E-state index contributed by atoms with van der Waals surface area (Å²) in [5, 5.41) is 0.718. The quantitative estimate of drug-likeness (QED) is 0.709. The van der Waals surface area contributed by atoms with E-state index in [0.717, 1.165) is 15.5 Å². The van der Waals surface area contributed by atoms with Crippen LogP contribution in [0.3, 0.4) is 0 Å². The number of halogens is 2. The molecule has 2 aromatic rings. The van der Waals surface area contributed by atoms with Gasteiger partial charge in [0.1, 0.15) is 5.82 Å². The Labute approximate surface area is 103 Å². The third kappa shape index (κ3) is 3.00. The highest BCUT2D eigenvalue weighted by atomic mass is 35.5. The Bertz CT molecular complexity index is 468. The Morgan fingerprint density at radius 2 is 1.69 bits per heavy atom. The average Bonchev–Trinajstić information content (AvgIpc) is 2.30. The van der Waals surface area contributed by atoms with Crippen LogP contribution in [0.2, 0.25) is 5.02 Å². The molecule has 2 aromatic carbocycles. The molecule has 0 unspecified atom stereocenters. The minimum absolute atomic E-state index is 0.149. The summed E-state index contributed by atoms with van der Waals surface area (Å²) in [5.74, 6) is 0.484. The average molecular weight is 253 g/mol. The van der Waals surface area contributed by atoms with Gasteiger partial charge in [0.25, 0.3) is 0 Å². The first-order valence-corrected chi connectivity index (χ1v) is 6.24. The fourth-order valence-corrected chi connectivity index (χ4v) is 2.32. The number of hydrogen-bond donors (Lipinski definition) is 0. The summed E-state index contributed by atoms with van der Waals surface area (Å²) >= 11 is 7.38. The molecule has 0 saturated heterocycles. The largest absolute Gasteiger partial charge is 0.207 e. The summed E-state index contributed by atoms with van der Waals surface area (Å²) in [4.78, 5) is 1.09. The van der Waals surface area contributed by atoms with E-state index in [1.54, 1.807) is 23.9 Å². The second-order valence-corrected chi connectivity index (χ2v) is 4.82. The van der Waals surface area contributed by atoms with E-state index in [9.17, 15) is 4.39 Å². The summed E-state index contributed by atoms with van der Waals surface area (Å²) in [6.45, 7) is 0. The maximum atomic E-state index is 13.3. The SMILES string of the molecule is Fc1ccccc1CSc1ccc(Cl)cc1. The molecule has 0 atom stereocenters. The minimum Gasteiger partial charge on any atom is -0.207 e. The van der Waals surface area contributed by atoms with E-state index in [0.29, 0.717) is 5.75 Å². The van der Waals surface area contributed by atoms with Crippen molar-refractivity contribution in [3.05, 3.63) is 64.9 Å². The zero-order valence-electron chi connectivity index (χ0n) is 8.49. The molecule has 0 saturated carbocycles. The van der Waals surface area contributed by atoms with Gasteiger partial charge in [-0.2, -0.15) is 0 Å². The highest BCUT2D eigenvalue weighted by Gasteiger charge is 2.01. The fourth-order valence-electron chi connectivity index (χ4n) is 1.31. The second kappa shape index (κ2) is 5.37. The van der Waals surface area contributed by atoms with Gasteiger partial charge in [0.2, 0.25) is 0 Å². The zero-order chi connectivity index (χ0) is 11.4. The van der Waals surface area contributed by atoms with Crippen molar-refractivity contribution in [2.45, 2.75) is 10.6 Å². The summed E-state index contributed by atoms with van der Waals surface area (Å²) in [6.07, 6.45) is 0. The summed E-state index contributed by atoms with van der Waals surface area (Å²) in [5.41, 5.74) is 0.724. The van der Waals surface area contributed by atoms with Crippen LogP contribution in [-0.4, -0.2) is 0 Å². The van der Waals surface area contributed by atoms with Gasteiger partial charge in [-0.3, -0.25) is 0 Å². The van der Waals surface area contributed by atoms with Gasteiger partial charge in [-0.1, -0.05) is 29.8 Å². The fraction of sp³-hybridized carbons (Fsp3) is 0.0769. The summed E-state index contributed by atoms with van der Waals surface area (Å²) in [7, 11) is 0. The molecule has 0 amide bonds. The van der Waals surface area contributed by atoms with Crippen molar-refractivity contribution >= 4 is 23.4 Å². The minimum atomic E-state index is -0.149. The van der Waals surface area contributed by atoms with Crippen LogP contribution in [0.4, 0.5) is 4.39 Å². The predicted molar refractivity (Wildman–Crippen MR) is 67.4 cm³/mol. The highest BCUT2D eigenvalue weighted by molar-refractivity contribution is 7.98. The Morgan fingerprint density at radius 1 is 1.00 bits per heavy atom. The van der Waals surface area contributed by atoms with Gasteiger partial charge in [-0.15, -0.1) is 11.8 Å². The van der Waals surface area contributed by atoms with Crippen LogP contribution in [0, 0.1) is 5.82 Å². The molecule has 0 aliphatic carbocycles. The van der Waals surface area contributed by atoms with Gasteiger partial charge in [0.15, 0.2) is 0 Å². The van der Waals surface area contributed by atoms with Crippen LogP contribution < -0.4 is 0 Å². The van der Waals surface area contributed by atoms with E-state index in [4.69, 9.17) is 11.6 Å². The molecular weight excluding hydrogens is 243 g/mol. The van der Waals surface area contributed by atoms with Crippen molar-refractivity contribution in [2.24, 2.45) is 0 Å². The molecule has 0 nitrogen and oxygen atoms in total. The van der Waals surface area contributed by atoms with E-state index >= 15 is 0 Å². The second-order valence-electron chi connectivity index (χ2n) is 3.33. The molecule has 0 radical (unpaired) electrons. The number of rotatable bonds is 3. The maximum Gasteiger partial charge on any atom is 0.127 e. The molecule has 0 spiro atoms. The van der Waals surface area contributed by atoms with E-state index < -0.39 is 0 Å². The third-order valence-electron chi connectivity index (χ3n) is 2.17. The summed E-state index contributed by atoms with van der Waals surface area (Å²) < 4.78 is 13.3. The number of hydrogen-bond acceptors (Lipinski definition) is 1. The van der Waals surface area contributed by atoms with Gasteiger partial charge in [0.05, 0.1) is 0 Å². The Kier molecular flexibility index (Phi) is 3.86. The predicted octanol–water partition coefficient (Wildman–Crippen LogP) is 4.77. The van der Waals surface area contributed by atoms with Crippen molar-refractivity contribution in [3.63, 3.8) is 0 Å². The molecule has 0 bridgehead atoms. The van der Waals surface area contributed by atoms with E-state index in [2.05, 4.69) is 0 Å². The number of thioether (sulfide) groups is 1. The molecule has 0 aliphatic rings. The molecular formula is C13H10ClFS. The molecule has 16 heavy (non-hydrogen) atoms. The molecule has 0 aromatic heterocycles. The van der Waals surface area contributed by atoms with Crippen molar-refractivity contribution in [1.82, 2.24) is 0 Å². The molecule has 2 rings (SSSR count). The molecule has 3 heteroatoms. The Morgan fingerprint density at radius 3 is 2.38 bits per heavy atom. The molecule has 0 N–H and O–H groups in total. The Balaban J connectivity index is 2.02. The smallest absolute Gasteiger partial charge is 0.127 e. The Hall–Kier alpha value is -0.990. The molecule has 0 aliphatic heterocycles.